The number of H-pyrrole nitrogens is 2. The van der Waals surface area contributed by atoms with Crippen LogP contribution < -0.4 is 16.0 Å². The van der Waals surface area contributed by atoms with Crippen molar-refractivity contribution in [3.05, 3.63) is 101 Å². The Labute approximate surface area is 268 Å². The van der Waals surface area contributed by atoms with Gasteiger partial charge < -0.3 is 30.8 Å². The molecule has 5 N–H and O–H groups in total. The largest absolute Gasteiger partial charge is 0.358 e. The lowest BCUT2D eigenvalue weighted by Crippen LogP contribution is -2.35. The van der Waals surface area contributed by atoms with Gasteiger partial charge in [-0.3, -0.25) is 9.59 Å². The Hall–Kier alpha value is -5.48. The molecule has 0 aliphatic carbocycles. The molecule has 0 unspecified atom stereocenters. The van der Waals surface area contributed by atoms with Gasteiger partial charge in [-0.15, -0.1) is 10.2 Å². The SMILES string of the molecule is CCN(CC)CCNC(=O)c1c(C)[nH]c(C=C2C(=O)Nc3cc(Nc4cccc(-c5nnc(-c6ccccc6)[nH]5)c4)ccc32)c1C. The summed E-state index contributed by atoms with van der Waals surface area (Å²) in [6, 6.07) is 23.6. The number of amides is 2. The second-order valence-corrected chi connectivity index (χ2v) is 11.3. The molecular formula is C36H38N8O2. The number of aromatic amines is 2. The van der Waals surface area contributed by atoms with E-state index in [1.807, 2.05) is 92.7 Å². The molecule has 3 heterocycles. The van der Waals surface area contributed by atoms with Crippen LogP contribution >= 0.6 is 0 Å². The van der Waals surface area contributed by atoms with Crippen molar-refractivity contribution >= 4 is 40.5 Å². The van der Waals surface area contributed by atoms with E-state index in [9.17, 15) is 9.59 Å². The van der Waals surface area contributed by atoms with Crippen molar-refractivity contribution < 1.29 is 9.59 Å². The van der Waals surface area contributed by atoms with Crippen LogP contribution in [-0.4, -0.2) is 63.1 Å². The second kappa shape index (κ2) is 13.3. The van der Waals surface area contributed by atoms with Crippen molar-refractivity contribution in [2.45, 2.75) is 27.7 Å². The minimum atomic E-state index is -0.189. The Balaban J connectivity index is 1.17. The minimum Gasteiger partial charge on any atom is -0.358 e. The third-order valence-corrected chi connectivity index (χ3v) is 8.36. The summed E-state index contributed by atoms with van der Waals surface area (Å²) in [5, 5.41) is 18.1. The highest BCUT2D eigenvalue weighted by molar-refractivity contribution is 6.35. The number of nitrogens with zero attached hydrogens (tertiary/aromatic N) is 3. The number of hydrogen-bond acceptors (Lipinski definition) is 6. The highest BCUT2D eigenvalue weighted by Crippen LogP contribution is 2.36. The van der Waals surface area contributed by atoms with E-state index in [4.69, 9.17) is 0 Å². The number of rotatable bonds is 11. The fourth-order valence-corrected chi connectivity index (χ4v) is 5.80. The monoisotopic (exact) mass is 614 g/mol. The number of anilines is 3. The van der Waals surface area contributed by atoms with Gasteiger partial charge in [-0.05, 0) is 62.8 Å². The molecule has 0 bridgehead atoms. The summed E-state index contributed by atoms with van der Waals surface area (Å²) in [6.45, 7) is 11.3. The molecule has 0 spiro atoms. The van der Waals surface area contributed by atoms with Crippen molar-refractivity contribution in [1.29, 1.82) is 0 Å². The van der Waals surface area contributed by atoms with Crippen molar-refractivity contribution in [3.8, 4) is 22.8 Å². The first-order valence-corrected chi connectivity index (χ1v) is 15.6. The van der Waals surface area contributed by atoms with Crippen molar-refractivity contribution in [3.63, 3.8) is 0 Å². The van der Waals surface area contributed by atoms with Gasteiger partial charge in [0.1, 0.15) is 0 Å². The summed E-state index contributed by atoms with van der Waals surface area (Å²) in [4.78, 5) is 35.0. The van der Waals surface area contributed by atoms with Gasteiger partial charge in [0.25, 0.3) is 11.8 Å². The summed E-state index contributed by atoms with van der Waals surface area (Å²) < 4.78 is 0. The van der Waals surface area contributed by atoms with E-state index in [2.05, 4.69) is 54.9 Å². The average molecular weight is 615 g/mol. The van der Waals surface area contributed by atoms with Gasteiger partial charge in [0.15, 0.2) is 11.6 Å². The number of aryl methyl sites for hydroxylation is 1. The fourth-order valence-electron chi connectivity index (χ4n) is 5.80. The zero-order chi connectivity index (χ0) is 32.2. The lowest BCUT2D eigenvalue weighted by atomic mass is 10.0. The number of hydrogen-bond donors (Lipinski definition) is 5. The maximum Gasteiger partial charge on any atom is 0.256 e. The molecule has 2 aromatic heterocycles. The molecule has 10 nitrogen and oxygen atoms in total. The maximum atomic E-state index is 13.1. The van der Waals surface area contributed by atoms with E-state index >= 15 is 0 Å². The summed E-state index contributed by atoms with van der Waals surface area (Å²) >= 11 is 0. The van der Waals surface area contributed by atoms with Crippen LogP contribution in [0.4, 0.5) is 17.1 Å². The molecule has 1 aliphatic heterocycles. The summed E-state index contributed by atoms with van der Waals surface area (Å²) in [7, 11) is 0. The van der Waals surface area contributed by atoms with E-state index in [1.165, 1.54) is 0 Å². The van der Waals surface area contributed by atoms with Crippen LogP contribution in [-0.2, 0) is 4.79 Å². The number of likely N-dealkylation sites (N-methyl/N-ethyl adjacent to an activating group) is 1. The molecule has 0 saturated carbocycles. The quantitative estimate of drug-likeness (QED) is 0.110. The maximum absolute atomic E-state index is 13.1. The third-order valence-electron chi connectivity index (χ3n) is 8.36. The smallest absolute Gasteiger partial charge is 0.256 e. The highest BCUT2D eigenvalue weighted by atomic mass is 16.2. The third kappa shape index (κ3) is 6.33. The summed E-state index contributed by atoms with van der Waals surface area (Å²) in [5.74, 6) is 1.08. The van der Waals surface area contributed by atoms with Gasteiger partial charge in [0, 0.05) is 52.5 Å². The summed E-state index contributed by atoms with van der Waals surface area (Å²) in [6.07, 6.45) is 1.83. The molecular weight excluding hydrogens is 576 g/mol. The summed E-state index contributed by atoms with van der Waals surface area (Å²) in [5.41, 5.74) is 8.57. The molecule has 2 amide bonds. The van der Waals surface area contributed by atoms with Crippen LogP contribution in [0.3, 0.4) is 0 Å². The van der Waals surface area contributed by atoms with E-state index in [1.54, 1.807) is 0 Å². The van der Waals surface area contributed by atoms with E-state index in [0.717, 1.165) is 70.3 Å². The Kier molecular flexibility index (Phi) is 8.80. The number of carbonyl (C=O) groups is 2. The standard InChI is InChI=1S/C36H38N8O2/c1-5-44(6-2)18-17-37-36(46)32-22(3)30(38-23(32)4)21-29-28-16-15-27(20-31(28)40-35(29)45)39-26-14-10-13-25(19-26)34-41-33(42-43-34)24-11-8-7-9-12-24/h7-16,19-21,38-39H,5-6,17-18H2,1-4H3,(H,37,46)(H,40,45)(H,41,42,43). The van der Waals surface area contributed by atoms with Crippen molar-refractivity contribution in [1.82, 2.24) is 30.4 Å². The van der Waals surface area contributed by atoms with Gasteiger partial charge in [-0.25, -0.2) is 0 Å². The van der Waals surface area contributed by atoms with Crippen LogP contribution in [0.2, 0.25) is 0 Å². The highest BCUT2D eigenvalue weighted by Gasteiger charge is 2.26. The number of fused-ring (bicyclic) bond motifs is 1. The predicted octanol–water partition coefficient (Wildman–Crippen LogP) is 6.39. The zero-order valence-electron chi connectivity index (χ0n) is 26.5. The Bertz CT molecular complexity index is 1920. The molecule has 0 fully saturated rings. The van der Waals surface area contributed by atoms with Gasteiger partial charge >= 0.3 is 0 Å². The predicted molar refractivity (Wildman–Crippen MR) is 184 cm³/mol. The van der Waals surface area contributed by atoms with E-state index in [0.29, 0.717) is 29.3 Å². The second-order valence-electron chi connectivity index (χ2n) is 11.3. The van der Waals surface area contributed by atoms with Crippen LogP contribution in [0.25, 0.3) is 34.4 Å². The molecule has 234 valence electrons. The number of benzene rings is 3. The van der Waals surface area contributed by atoms with E-state index in [-0.39, 0.29) is 11.8 Å². The first kappa shape index (κ1) is 30.5. The molecule has 0 saturated heterocycles. The van der Waals surface area contributed by atoms with Crippen LogP contribution in [0.1, 0.15) is 46.7 Å². The molecule has 6 rings (SSSR count). The molecule has 0 atom stereocenters. The van der Waals surface area contributed by atoms with Crippen LogP contribution in [0.5, 0.6) is 0 Å². The number of nitrogens with one attached hydrogen (secondary N) is 5. The zero-order valence-corrected chi connectivity index (χ0v) is 26.5. The molecule has 46 heavy (non-hydrogen) atoms. The van der Waals surface area contributed by atoms with Gasteiger partial charge in [0.05, 0.1) is 16.8 Å². The normalized spacial score (nSPS) is 13.2. The molecule has 5 aromatic rings. The van der Waals surface area contributed by atoms with Gasteiger partial charge in [-0.2, -0.15) is 0 Å². The lowest BCUT2D eigenvalue weighted by Gasteiger charge is -2.18. The Morgan fingerprint density at radius 3 is 2.35 bits per heavy atom. The number of carbonyl (C=O) groups excluding carboxylic acids is 2. The van der Waals surface area contributed by atoms with Gasteiger partial charge in [-0.1, -0.05) is 62.4 Å². The molecule has 0 radical (unpaired) electrons. The first-order valence-electron chi connectivity index (χ1n) is 15.6. The fraction of sp³-hybridized carbons (Fsp3) is 0.222. The molecule has 3 aromatic carbocycles. The molecule has 10 heteroatoms. The van der Waals surface area contributed by atoms with E-state index < -0.39 is 0 Å². The van der Waals surface area contributed by atoms with Gasteiger partial charge in [0.2, 0.25) is 0 Å². The number of aromatic nitrogens is 4. The average Bonchev–Trinajstić information content (AvgIpc) is 3.75. The Morgan fingerprint density at radius 1 is 0.870 bits per heavy atom. The minimum absolute atomic E-state index is 0.112. The topological polar surface area (TPSA) is 131 Å². The lowest BCUT2D eigenvalue weighted by molar-refractivity contribution is -0.110. The first-order chi connectivity index (χ1) is 22.3. The van der Waals surface area contributed by atoms with Crippen LogP contribution in [0, 0.1) is 13.8 Å². The Morgan fingerprint density at radius 2 is 1.59 bits per heavy atom. The molecule has 1 aliphatic rings. The van der Waals surface area contributed by atoms with Crippen LogP contribution in [0.15, 0.2) is 72.8 Å². The van der Waals surface area contributed by atoms with Crippen molar-refractivity contribution in [2.75, 3.05) is 36.8 Å². The van der Waals surface area contributed by atoms with Crippen molar-refractivity contribution in [2.24, 2.45) is 0 Å².